The Morgan fingerprint density at radius 3 is 2.59 bits per heavy atom. The number of nitrogens with zero attached hydrogens (tertiary/aromatic N) is 1. The first kappa shape index (κ1) is 10.1. The third kappa shape index (κ3) is 1.62. The molecule has 0 spiro atoms. The summed E-state index contributed by atoms with van der Waals surface area (Å²) in [6, 6.07) is 9.79. The Morgan fingerprint density at radius 2 is 2.00 bits per heavy atom. The van der Waals surface area contributed by atoms with Crippen molar-refractivity contribution in [3.63, 3.8) is 0 Å². The van der Waals surface area contributed by atoms with Crippen molar-refractivity contribution < 1.29 is 9.90 Å². The van der Waals surface area contributed by atoms with Gasteiger partial charge in [-0.25, -0.2) is 4.98 Å². The summed E-state index contributed by atoms with van der Waals surface area (Å²) in [5.41, 5.74) is 1.99. The van der Waals surface area contributed by atoms with Crippen LogP contribution in [0.2, 0.25) is 0 Å². The summed E-state index contributed by atoms with van der Waals surface area (Å²) in [7, 11) is 0. The molecule has 4 heteroatoms. The van der Waals surface area contributed by atoms with Crippen LogP contribution < -0.4 is 0 Å². The number of aromatic amines is 1. The van der Waals surface area contributed by atoms with Crippen molar-refractivity contribution in [2.45, 2.75) is 11.8 Å². The smallest absolute Gasteiger partial charge is 0.307 e. The van der Waals surface area contributed by atoms with Gasteiger partial charge in [-0.2, -0.15) is 0 Å². The van der Waals surface area contributed by atoms with E-state index in [9.17, 15) is 9.90 Å². The monoisotopic (exact) mass is 228 g/mol. The predicted molar refractivity (Wildman–Crippen MR) is 61.6 cm³/mol. The lowest BCUT2D eigenvalue weighted by Crippen LogP contribution is -2.00. The van der Waals surface area contributed by atoms with Crippen LogP contribution in [0.1, 0.15) is 23.1 Å². The summed E-state index contributed by atoms with van der Waals surface area (Å²) >= 11 is 0. The molecule has 17 heavy (non-hydrogen) atoms. The Kier molecular flexibility index (Phi) is 2.21. The highest BCUT2D eigenvalue weighted by Gasteiger charge is 2.57. The number of rotatable bonds is 3. The minimum Gasteiger partial charge on any atom is -0.481 e. The van der Waals surface area contributed by atoms with Crippen molar-refractivity contribution in [2.24, 2.45) is 5.92 Å². The molecule has 3 atom stereocenters. The Hall–Kier alpha value is -2.10. The number of carboxylic acids is 1. The standard InChI is InChI=1S/C13H12N2O2/c16-13(17)12-10(8-4-2-1-3-5-8)11(12)9-6-14-7-15-9/h1-7,10-12H,(H,14,15)(H,16,17)/t10-,11+,12-/m1/s1. The van der Waals surface area contributed by atoms with E-state index in [2.05, 4.69) is 9.97 Å². The number of hydrogen-bond acceptors (Lipinski definition) is 2. The molecule has 0 saturated heterocycles. The van der Waals surface area contributed by atoms with Gasteiger partial charge in [0.1, 0.15) is 0 Å². The molecule has 0 radical (unpaired) electrons. The molecule has 0 aliphatic heterocycles. The highest BCUT2D eigenvalue weighted by Crippen LogP contribution is 2.59. The number of carbonyl (C=O) groups is 1. The number of carboxylic acid groups (broad SMARTS) is 1. The van der Waals surface area contributed by atoms with Crippen LogP contribution in [-0.4, -0.2) is 21.0 Å². The number of hydrogen-bond donors (Lipinski definition) is 2. The van der Waals surface area contributed by atoms with Crippen LogP contribution in [0.25, 0.3) is 0 Å². The molecule has 1 aromatic heterocycles. The van der Waals surface area contributed by atoms with Crippen LogP contribution in [0.15, 0.2) is 42.9 Å². The van der Waals surface area contributed by atoms with E-state index in [0.717, 1.165) is 11.3 Å². The van der Waals surface area contributed by atoms with E-state index < -0.39 is 5.97 Å². The summed E-state index contributed by atoms with van der Waals surface area (Å²) in [5.74, 6) is -0.983. The summed E-state index contributed by atoms with van der Waals surface area (Å²) in [6.07, 6.45) is 3.30. The Bertz CT molecular complexity index is 522. The maximum atomic E-state index is 11.2. The number of H-pyrrole nitrogens is 1. The summed E-state index contributed by atoms with van der Waals surface area (Å²) in [4.78, 5) is 18.2. The van der Waals surface area contributed by atoms with E-state index in [1.54, 1.807) is 12.5 Å². The lowest BCUT2D eigenvalue weighted by Gasteiger charge is -1.97. The lowest BCUT2D eigenvalue weighted by molar-refractivity contribution is -0.138. The zero-order valence-corrected chi connectivity index (χ0v) is 9.08. The second-order valence-corrected chi connectivity index (χ2v) is 4.33. The molecular weight excluding hydrogens is 216 g/mol. The van der Waals surface area contributed by atoms with Crippen molar-refractivity contribution in [1.29, 1.82) is 0 Å². The molecule has 86 valence electrons. The second-order valence-electron chi connectivity index (χ2n) is 4.33. The zero-order valence-electron chi connectivity index (χ0n) is 9.08. The lowest BCUT2D eigenvalue weighted by atomic mass is 10.1. The SMILES string of the molecule is O=C(O)[C@H]1[C@@H](c2cnc[nH]2)[C@H]1c1ccccc1. The number of imidazole rings is 1. The van der Waals surface area contributed by atoms with E-state index in [-0.39, 0.29) is 17.8 Å². The van der Waals surface area contributed by atoms with E-state index in [1.807, 2.05) is 30.3 Å². The number of aliphatic carboxylic acids is 1. The molecule has 4 nitrogen and oxygen atoms in total. The molecule has 1 fully saturated rings. The fourth-order valence-corrected chi connectivity index (χ4v) is 2.54. The van der Waals surface area contributed by atoms with E-state index in [1.165, 1.54) is 0 Å². The molecule has 0 unspecified atom stereocenters. The molecule has 1 aliphatic carbocycles. The maximum Gasteiger partial charge on any atom is 0.307 e. The summed E-state index contributed by atoms with van der Waals surface area (Å²) in [6.45, 7) is 0. The number of benzene rings is 1. The zero-order chi connectivity index (χ0) is 11.8. The van der Waals surface area contributed by atoms with Crippen molar-refractivity contribution in [3.05, 3.63) is 54.1 Å². The molecule has 2 N–H and O–H groups in total. The average molecular weight is 228 g/mol. The van der Waals surface area contributed by atoms with Crippen LogP contribution in [0, 0.1) is 5.92 Å². The highest BCUT2D eigenvalue weighted by atomic mass is 16.4. The van der Waals surface area contributed by atoms with Crippen molar-refractivity contribution in [3.8, 4) is 0 Å². The van der Waals surface area contributed by atoms with Crippen LogP contribution in [-0.2, 0) is 4.79 Å². The highest BCUT2D eigenvalue weighted by molar-refractivity contribution is 5.78. The average Bonchev–Trinajstić information content (AvgIpc) is 2.87. The minimum atomic E-state index is -0.738. The third-order valence-electron chi connectivity index (χ3n) is 3.37. The molecule has 1 aliphatic rings. The summed E-state index contributed by atoms with van der Waals surface area (Å²) < 4.78 is 0. The van der Waals surface area contributed by atoms with E-state index >= 15 is 0 Å². The molecule has 0 amide bonds. The second kappa shape index (κ2) is 3.73. The van der Waals surface area contributed by atoms with Gasteiger partial charge in [-0.3, -0.25) is 4.79 Å². The van der Waals surface area contributed by atoms with Gasteiger partial charge in [0, 0.05) is 23.7 Å². The van der Waals surface area contributed by atoms with Gasteiger partial charge in [-0.1, -0.05) is 30.3 Å². The van der Waals surface area contributed by atoms with E-state index in [0.29, 0.717) is 0 Å². The molecule has 1 heterocycles. The van der Waals surface area contributed by atoms with Crippen LogP contribution >= 0.6 is 0 Å². The molecule has 3 rings (SSSR count). The Labute approximate surface area is 98.3 Å². The van der Waals surface area contributed by atoms with Gasteiger partial charge in [-0.05, 0) is 5.56 Å². The third-order valence-corrected chi connectivity index (χ3v) is 3.37. The van der Waals surface area contributed by atoms with Gasteiger partial charge in [-0.15, -0.1) is 0 Å². The van der Waals surface area contributed by atoms with Crippen LogP contribution in [0.3, 0.4) is 0 Å². The Morgan fingerprint density at radius 1 is 1.24 bits per heavy atom. The molecular formula is C13H12N2O2. The Balaban J connectivity index is 1.93. The molecule has 2 aromatic rings. The fraction of sp³-hybridized carbons (Fsp3) is 0.231. The molecule has 0 bridgehead atoms. The fourth-order valence-electron chi connectivity index (χ4n) is 2.54. The predicted octanol–water partition coefficient (Wildman–Crippen LogP) is 1.99. The topological polar surface area (TPSA) is 66.0 Å². The quantitative estimate of drug-likeness (QED) is 0.844. The summed E-state index contributed by atoms with van der Waals surface area (Å²) in [5, 5.41) is 9.22. The van der Waals surface area contributed by atoms with Gasteiger partial charge in [0.2, 0.25) is 0 Å². The van der Waals surface area contributed by atoms with Crippen molar-refractivity contribution in [1.82, 2.24) is 9.97 Å². The van der Waals surface area contributed by atoms with Gasteiger partial charge >= 0.3 is 5.97 Å². The normalized spacial score (nSPS) is 26.7. The first-order valence-electron chi connectivity index (χ1n) is 5.55. The van der Waals surface area contributed by atoms with Crippen molar-refractivity contribution in [2.75, 3.05) is 0 Å². The van der Waals surface area contributed by atoms with Crippen molar-refractivity contribution >= 4 is 5.97 Å². The molecule has 1 aromatic carbocycles. The largest absolute Gasteiger partial charge is 0.481 e. The molecule has 1 saturated carbocycles. The first-order chi connectivity index (χ1) is 8.29. The van der Waals surface area contributed by atoms with E-state index in [4.69, 9.17) is 0 Å². The number of aromatic nitrogens is 2. The van der Waals surface area contributed by atoms with Gasteiger partial charge in [0.05, 0.1) is 12.2 Å². The van der Waals surface area contributed by atoms with Crippen LogP contribution in [0.5, 0.6) is 0 Å². The minimum absolute atomic E-state index is 0.0254. The van der Waals surface area contributed by atoms with Crippen LogP contribution in [0.4, 0.5) is 0 Å². The van der Waals surface area contributed by atoms with Gasteiger partial charge in [0.25, 0.3) is 0 Å². The first-order valence-corrected chi connectivity index (χ1v) is 5.55. The number of nitrogens with one attached hydrogen (secondary N) is 1. The van der Waals surface area contributed by atoms with Gasteiger partial charge < -0.3 is 10.1 Å². The maximum absolute atomic E-state index is 11.2. The van der Waals surface area contributed by atoms with Gasteiger partial charge in [0.15, 0.2) is 0 Å².